The Morgan fingerprint density at radius 3 is 0.819 bits per heavy atom. The molecule has 0 amide bonds. The lowest BCUT2D eigenvalue weighted by molar-refractivity contribution is 0.0816. The molecule has 0 spiro atoms. The van der Waals surface area contributed by atoms with Gasteiger partial charge in [0.1, 0.15) is 40.2 Å². The molecule has 0 unspecified atom stereocenters. The summed E-state index contributed by atoms with van der Waals surface area (Å²) in [4.78, 5) is 65.2. The third kappa shape index (κ3) is 22.7. The van der Waals surface area contributed by atoms with Crippen molar-refractivity contribution >= 4 is 114 Å². The van der Waals surface area contributed by atoms with Gasteiger partial charge >= 0.3 is 20.8 Å². The summed E-state index contributed by atoms with van der Waals surface area (Å²) >= 11 is 0. The average molecular weight is 1360 g/mol. The molecule has 0 aliphatic heterocycles. The number of benzene rings is 6. The van der Waals surface area contributed by atoms with Crippen LogP contribution in [-0.2, 0) is 20.8 Å². The maximum Gasteiger partial charge on any atom is 0.394 e. The Labute approximate surface area is 538 Å². The number of phenolic OH excluding ortho intramolecular Hbond substituents is 6. The van der Waals surface area contributed by atoms with E-state index in [0.717, 1.165) is 7.11 Å². The van der Waals surface area contributed by atoms with Crippen molar-refractivity contribution in [3.63, 3.8) is 0 Å². The van der Waals surface area contributed by atoms with Crippen LogP contribution in [0.2, 0.25) is 0 Å². The predicted octanol–water partition coefficient (Wildman–Crippen LogP) is 4.99. The van der Waals surface area contributed by atoms with Crippen molar-refractivity contribution in [1.82, 2.24) is 49.8 Å². The minimum absolute atomic E-state index is 0. The van der Waals surface area contributed by atoms with Gasteiger partial charge in [0, 0.05) is 40.5 Å². The Balaban J connectivity index is 0.000000317. The molecule has 38 heteroatoms. The van der Waals surface area contributed by atoms with Gasteiger partial charge in [-0.3, -0.25) is 27.8 Å². The third-order valence-electron chi connectivity index (χ3n) is 11.1. The van der Waals surface area contributed by atoms with E-state index in [2.05, 4.69) is 49.8 Å². The van der Waals surface area contributed by atoms with Crippen LogP contribution < -0.4 is 45.9 Å². The highest BCUT2D eigenvalue weighted by atomic mass is 35.5. The highest BCUT2D eigenvalue weighted by Gasteiger charge is 2.21. The summed E-state index contributed by atoms with van der Waals surface area (Å²) < 4.78 is 63.2. The third-order valence-corrected chi connectivity index (χ3v) is 11.1. The number of carbonyl (C=O) groups excluding carboxylic acids is 2. The number of anilines is 8. The minimum Gasteiger partial charge on any atom is -0.508 e. The largest absolute Gasteiger partial charge is 0.508 e. The molecule has 0 aliphatic carbocycles. The van der Waals surface area contributed by atoms with Gasteiger partial charge in [0.05, 0.1) is 22.8 Å². The van der Waals surface area contributed by atoms with Gasteiger partial charge in [-0.2, -0.15) is 46.7 Å². The maximum atomic E-state index is 11.9. The Kier molecular flexibility index (Phi) is 27.1. The number of aliphatic hydroxyl groups is 1. The van der Waals surface area contributed by atoms with E-state index in [4.69, 9.17) is 86.0 Å². The number of hydrogen-bond acceptors (Lipinski definition) is 31. The van der Waals surface area contributed by atoms with Crippen molar-refractivity contribution < 1.29 is 80.4 Å². The molecule has 27 N–H and O–H groups in total. The standard InChI is InChI=1S/2C18H14N6O2.C14H10O4.C4H8N6.CH4O.CH4.ClH.2H2O4S/c2*19-16-15-17(24-18(20)23-16)22-14(10-4-2-6-12(26)8-10)13(21-15)9-3-1-5-11(25)7-9;15-11-5-1-3-9(7-11)13(17)14(18)10-4-2-6-12(16)8-10;5-1-2(6)9-4(8)10-3(1)7;1-2;;;2*1-5(2,3)4/h2*1-8,25-26H,(H4,19,20,22,23,24);1-8,15-16H;5H2,(H6,6,7,8,9,10);2H,1H3;1H4;1H;2*(H2,1,2,3,4). The van der Waals surface area contributed by atoms with E-state index in [0.29, 0.717) is 56.1 Å². The van der Waals surface area contributed by atoms with E-state index in [1.54, 1.807) is 97.1 Å². The first-order valence-corrected chi connectivity index (χ1v) is 27.8. The molecule has 0 saturated carbocycles. The molecule has 494 valence electrons. The number of aliphatic hydroxyl groups excluding tert-OH is 1. The Morgan fingerprint density at radius 2 is 0.564 bits per heavy atom. The van der Waals surface area contributed by atoms with E-state index in [-0.39, 0.29) is 124 Å². The molecule has 11 rings (SSSR count). The summed E-state index contributed by atoms with van der Waals surface area (Å²) in [6.07, 6.45) is 0. The zero-order valence-corrected chi connectivity index (χ0v) is 50.0. The van der Waals surface area contributed by atoms with Gasteiger partial charge in [-0.15, -0.1) is 12.4 Å². The molecule has 5 heterocycles. The lowest BCUT2D eigenvalue weighted by atomic mass is 10.0. The molecule has 11 aromatic rings. The molecule has 0 aliphatic rings. The number of halogens is 1. The molecule has 0 bridgehead atoms. The second-order valence-corrected chi connectivity index (χ2v) is 19.5. The smallest absolute Gasteiger partial charge is 0.394 e. The predicted molar refractivity (Wildman–Crippen MR) is 351 cm³/mol. The number of phenols is 6. The van der Waals surface area contributed by atoms with E-state index in [9.17, 15) is 40.2 Å². The number of nitrogen functional groups attached to an aromatic ring is 8. The van der Waals surface area contributed by atoms with Crippen molar-refractivity contribution in [3.8, 4) is 79.5 Å². The summed E-state index contributed by atoms with van der Waals surface area (Å²) in [5.41, 5.74) is 50.2. The van der Waals surface area contributed by atoms with Gasteiger partial charge < -0.3 is 81.6 Å². The van der Waals surface area contributed by atoms with Crippen LogP contribution in [-0.4, -0.2) is 139 Å². The van der Waals surface area contributed by atoms with E-state index >= 15 is 0 Å². The number of rotatable bonds is 7. The van der Waals surface area contributed by atoms with E-state index in [1.165, 1.54) is 48.5 Å². The van der Waals surface area contributed by atoms with Gasteiger partial charge in [0.15, 0.2) is 45.6 Å². The fourth-order valence-corrected chi connectivity index (χ4v) is 7.47. The maximum absolute atomic E-state index is 11.9. The van der Waals surface area contributed by atoms with E-state index < -0.39 is 32.4 Å². The Morgan fingerprint density at radius 1 is 0.340 bits per heavy atom. The molecular formula is C56H59ClN18O17S2. The van der Waals surface area contributed by atoms with Gasteiger partial charge in [-0.25, -0.2) is 19.9 Å². The van der Waals surface area contributed by atoms with Crippen LogP contribution in [0.25, 0.3) is 67.4 Å². The van der Waals surface area contributed by atoms with Crippen LogP contribution in [0.1, 0.15) is 28.1 Å². The summed E-state index contributed by atoms with van der Waals surface area (Å²) in [6.45, 7) is 0. The van der Waals surface area contributed by atoms with Crippen LogP contribution in [0.4, 0.5) is 46.8 Å². The first-order valence-electron chi connectivity index (χ1n) is 25.1. The summed E-state index contributed by atoms with van der Waals surface area (Å²) in [7, 11) is -8.33. The second kappa shape index (κ2) is 33.6. The topological polar surface area (TPSA) is 662 Å². The van der Waals surface area contributed by atoms with Gasteiger partial charge in [0.25, 0.3) is 0 Å². The summed E-state index contributed by atoms with van der Waals surface area (Å²) in [6, 6.07) is 37.6. The highest BCUT2D eigenvalue weighted by Crippen LogP contribution is 2.36. The van der Waals surface area contributed by atoms with Crippen molar-refractivity contribution in [2.24, 2.45) is 0 Å². The van der Waals surface area contributed by atoms with Crippen LogP contribution in [0.3, 0.4) is 0 Å². The second-order valence-electron chi connectivity index (χ2n) is 17.7. The molecule has 0 saturated heterocycles. The first kappa shape index (κ1) is 76.0. The van der Waals surface area contributed by atoms with Crippen molar-refractivity contribution in [2.75, 3.05) is 53.0 Å². The molecule has 5 aromatic heterocycles. The van der Waals surface area contributed by atoms with E-state index in [1.807, 2.05) is 0 Å². The zero-order chi connectivity index (χ0) is 68.4. The number of ketones is 2. The van der Waals surface area contributed by atoms with Crippen LogP contribution in [0.5, 0.6) is 34.5 Å². The molecule has 0 radical (unpaired) electrons. The lowest BCUT2D eigenvalue weighted by Gasteiger charge is -2.11. The number of fused-ring (bicyclic) bond motifs is 2. The zero-order valence-electron chi connectivity index (χ0n) is 47.5. The summed E-state index contributed by atoms with van der Waals surface area (Å²) in [5, 5.41) is 64.8. The van der Waals surface area contributed by atoms with Crippen molar-refractivity contribution in [1.29, 1.82) is 0 Å². The molecule has 0 atom stereocenters. The van der Waals surface area contributed by atoms with Crippen LogP contribution in [0.15, 0.2) is 146 Å². The van der Waals surface area contributed by atoms with Crippen LogP contribution >= 0.6 is 12.4 Å². The average Bonchev–Trinajstić information content (AvgIpc) is 0.777. The SMILES string of the molecule is C.CO.Cl.Nc1nc(N)c(N)c(N)n1.Nc1nc(N)c2nc(-c3cccc(O)c3)c(-c3cccc(O)c3)nc2n1.Nc1nc(N)c2nc(-c3cccc(O)c3)c(-c3cccc(O)c3)nc2n1.O=C(C(=O)c1cccc(O)c1)c1cccc(O)c1.O=S(=O)(O)O.O=S(=O)(O)O. The first-order chi connectivity index (χ1) is 43.2. The Bertz CT molecular complexity index is 4440. The molecule has 0 fully saturated rings. The highest BCUT2D eigenvalue weighted by molar-refractivity contribution is 7.80. The Hall–Kier alpha value is -12.2. The number of nitrogens with zero attached hydrogens (tertiary/aromatic N) is 10. The molecule has 6 aromatic carbocycles. The quantitative estimate of drug-likeness (QED) is 0.0567. The molecular weight excluding hydrogens is 1300 g/mol. The normalized spacial score (nSPS) is 10.3. The number of aromatic hydroxyl groups is 6. The fourth-order valence-electron chi connectivity index (χ4n) is 7.47. The van der Waals surface area contributed by atoms with Crippen LogP contribution in [0, 0.1) is 0 Å². The van der Waals surface area contributed by atoms with Crippen molar-refractivity contribution in [3.05, 3.63) is 157 Å². The summed E-state index contributed by atoms with van der Waals surface area (Å²) in [5.74, 6) is -0.761. The number of Topliss-reactive ketones (excluding diaryl/α,β-unsaturated/α-hetero) is 2. The minimum atomic E-state index is -4.67. The number of hydrogen-bond donors (Lipinski definition) is 19. The lowest BCUT2D eigenvalue weighted by Crippen LogP contribution is -2.14. The number of nitrogens with two attached hydrogens (primary N) is 8. The molecule has 94 heavy (non-hydrogen) atoms. The van der Waals surface area contributed by atoms with Gasteiger partial charge in [-0.1, -0.05) is 80.2 Å². The van der Waals surface area contributed by atoms with Gasteiger partial charge in [0.2, 0.25) is 29.4 Å². The fraction of sp³-hybridized carbons (Fsp3) is 0.0357. The molecule has 35 nitrogen and oxygen atoms in total. The van der Waals surface area contributed by atoms with Gasteiger partial charge in [-0.05, 0) is 72.8 Å². The number of aromatic nitrogens is 10. The van der Waals surface area contributed by atoms with Crippen molar-refractivity contribution in [2.45, 2.75) is 7.43 Å². The monoisotopic (exact) mass is 1350 g/mol. The number of carbonyl (C=O) groups is 2.